The van der Waals surface area contributed by atoms with Crippen molar-refractivity contribution in [2.24, 2.45) is 0 Å². The van der Waals surface area contributed by atoms with Crippen molar-refractivity contribution in [1.82, 2.24) is 16.2 Å². The number of carbonyl (C=O) groups excluding carboxylic acids is 2. The fourth-order valence-corrected chi connectivity index (χ4v) is 2.08. The molecule has 2 aromatic rings. The van der Waals surface area contributed by atoms with Crippen molar-refractivity contribution < 1.29 is 18.7 Å². The summed E-state index contributed by atoms with van der Waals surface area (Å²) in [5.74, 6) is -0.234. The molecular weight excluding hydrogens is 330 g/mol. The van der Waals surface area contributed by atoms with Crippen LogP contribution in [0.1, 0.15) is 21.7 Å². The molecule has 0 unspecified atom stereocenters. The SMILES string of the molecule is Cc1cc(C)cc(OCC(=O)NNC(=S)NC(=O)c2ccco2)c1. The molecular formula is C16H17N3O4S. The monoisotopic (exact) mass is 347 g/mol. The van der Waals surface area contributed by atoms with Gasteiger partial charge in [-0.3, -0.25) is 25.8 Å². The van der Waals surface area contributed by atoms with E-state index in [1.807, 2.05) is 32.0 Å². The Hall–Kier alpha value is -2.87. The molecule has 0 aliphatic rings. The zero-order valence-electron chi connectivity index (χ0n) is 13.2. The first kappa shape index (κ1) is 17.5. The number of aryl methyl sites for hydroxylation is 2. The van der Waals surface area contributed by atoms with Crippen molar-refractivity contribution in [3.63, 3.8) is 0 Å². The van der Waals surface area contributed by atoms with Crippen molar-refractivity contribution in [3.8, 4) is 5.75 Å². The lowest BCUT2D eigenvalue weighted by atomic mass is 10.1. The molecule has 0 bridgehead atoms. The molecule has 0 saturated carbocycles. The van der Waals surface area contributed by atoms with Gasteiger partial charge in [0.25, 0.3) is 11.8 Å². The minimum absolute atomic E-state index is 0.0591. The second kappa shape index (κ2) is 8.11. The molecule has 3 N–H and O–H groups in total. The van der Waals surface area contributed by atoms with Crippen molar-refractivity contribution >= 4 is 29.1 Å². The minimum atomic E-state index is -0.516. The summed E-state index contributed by atoms with van der Waals surface area (Å²) >= 11 is 4.89. The predicted molar refractivity (Wildman–Crippen MR) is 91.5 cm³/mol. The molecule has 7 nitrogen and oxygen atoms in total. The minimum Gasteiger partial charge on any atom is -0.484 e. The second-order valence-electron chi connectivity index (χ2n) is 5.05. The van der Waals surface area contributed by atoms with Crippen LogP contribution < -0.4 is 20.9 Å². The van der Waals surface area contributed by atoms with Crippen molar-refractivity contribution in [1.29, 1.82) is 0 Å². The zero-order chi connectivity index (χ0) is 17.5. The summed E-state index contributed by atoms with van der Waals surface area (Å²) in [5.41, 5.74) is 6.84. The first-order valence-corrected chi connectivity index (χ1v) is 7.49. The number of nitrogens with one attached hydrogen (secondary N) is 3. The molecule has 0 radical (unpaired) electrons. The van der Waals surface area contributed by atoms with Gasteiger partial charge >= 0.3 is 0 Å². The summed E-state index contributed by atoms with van der Waals surface area (Å²) < 4.78 is 10.3. The maximum atomic E-state index is 11.7. The van der Waals surface area contributed by atoms with Gasteiger partial charge in [-0.1, -0.05) is 6.07 Å². The number of carbonyl (C=O) groups is 2. The van der Waals surface area contributed by atoms with E-state index in [1.54, 1.807) is 6.07 Å². The number of hydrogen-bond donors (Lipinski definition) is 3. The molecule has 24 heavy (non-hydrogen) atoms. The molecule has 1 aromatic heterocycles. The highest BCUT2D eigenvalue weighted by atomic mass is 32.1. The predicted octanol–water partition coefficient (Wildman–Crippen LogP) is 1.61. The third kappa shape index (κ3) is 5.40. The molecule has 1 aromatic carbocycles. The van der Waals surface area contributed by atoms with Gasteiger partial charge in [-0.2, -0.15) is 0 Å². The Balaban J connectivity index is 1.72. The van der Waals surface area contributed by atoms with Crippen LogP contribution in [-0.4, -0.2) is 23.5 Å². The van der Waals surface area contributed by atoms with E-state index < -0.39 is 11.8 Å². The lowest BCUT2D eigenvalue weighted by Crippen LogP contribution is -2.49. The number of furan rings is 1. The van der Waals surface area contributed by atoms with Crippen LogP contribution in [0.4, 0.5) is 0 Å². The van der Waals surface area contributed by atoms with Gasteiger partial charge in [-0.25, -0.2) is 0 Å². The van der Waals surface area contributed by atoms with Crippen molar-refractivity contribution in [2.45, 2.75) is 13.8 Å². The molecule has 0 aliphatic heterocycles. The van der Waals surface area contributed by atoms with Gasteiger partial charge in [0.2, 0.25) is 0 Å². The first-order chi connectivity index (χ1) is 11.4. The van der Waals surface area contributed by atoms with Crippen LogP contribution in [0.2, 0.25) is 0 Å². The Morgan fingerprint density at radius 2 is 1.88 bits per heavy atom. The highest BCUT2D eigenvalue weighted by molar-refractivity contribution is 7.80. The molecule has 2 amide bonds. The third-order valence-corrected chi connectivity index (χ3v) is 3.06. The molecule has 0 saturated heterocycles. The van der Waals surface area contributed by atoms with E-state index in [0.29, 0.717) is 5.75 Å². The molecule has 2 rings (SSSR count). The largest absolute Gasteiger partial charge is 0.484 e. The fraction of sp³-hybridized carbons (Fsp3) is 0.188. The van der Waals surface area contributed by atoms with Crippen LogP contribution >= 0.6 is 12.2 Å². The van der Waals surface area contributed by atoms with Crippen LogP contribution in [0.15, 0.2) is 41.0 Å². The van der Waals surface area contributed by atoms with E-state index in [2.05, 4.69) is 16.2 Å². The van der Waals surface area contributed by atoms with Gasteiger partial charge in [-0.05, 0) is 61.5 Å². The molecule has 126 valence electrons. The summed E-state index contributed by atoms with van der Waals surface area (Å²) in [5, 5.41) is 2.30. The van der Waals surface area contributed by atoms with Gasteiger partial charge in [0.15, 0.2) is 17.5 Å². The Bertz CT molecular complexity index is 724. The molecule has 1 heterocycles. The highest BCUT2D eigenvalue weighted by Gasteiger charge is 2.11. The smallest absolute Gasteiger partial charge is 0.293 e. The van der Waals surface area contributed by atoms with Gasteiger partial charge in [-0.15, -0.1) is 0 Å². The Morgan fingerprint density at radius 3 is 2.50 bits per heavy atom. The van der Waals surface area contributed by atoms with Gasteiger partial charge in [0.05, 0.1) is 6.26 Å². The van der Waals surface area contributed by atoms with E-state index in [1.165, 1.54) is 12.3 Å². The number of hydrogen-bond acceptors (Lipinski definition) is 5. The molecule has 0 fully saturated rings. The average Bonchev–Trinajstić information content (AvgIpc) is 3.04. The van der Waals surface area contributed by atoms with E-state index in [9.17, 15) is 9.59 Å². The first-order valence-electron chi connectivity index (χ1n) is 7.09. The van der Waals surface area contributed by atoms with Gasteiger partial charge in [0.1, 0.15) is 5.75 Å². The van der Waals surface area contributed by atoms with E-state index >= 15 is 0 Å². The molecule has 0 atom stereocenters. The van der Waals surface area contributed by atoms with E-state index in [-0.39, 0.29) is 17.5 Å². The normalized spacial score (nSPS) is 9.92. The Kier molecular flexibility index (Phi) is 5.91. The Labute approximate surface area is 144 Å². The number of thiocarbonyl (C=S) groups is 1. The number of ether oxygens (including phenoxy) is 1. The van der Waals surface area contributed by atoms with Crippen LogP contribution in [-0.2, 0) is 4.79 Å². The molecule has 0 aliphatic carbocycles. The van der Waals surface area contributed by atoms with Crippen LogP contribution in [0, 0.1) is 13.8 Å². The summed E-state index contributed by atoms with van der Waals surface area (Å²) in [6, 6.07) is 8.75. The maximum Gasteiger partial charge on any atom is 0.293 e. The summed E-state index contributed by atoms with van der Waals surface area (Å²) in [4.78, 5) is 23.4. The summed E-state index contributed by atoms with van der Waals surface area (Å²) in [7, 11) is 0. The average molecular weight is 347 g/mol. The van der Waals surface area contributed by atoms with Crippen LogP contribution in [0.3, 0.4) is 0 Å². The Morgan fingerprint density at radius 1 is 1.17 bits per heavy atom. The number of benzene rings is 1. The summed E-state index contributed by atoms with van der Waals surface area (Å²) in [6.07, 6.45) is 1.37. The molecule has 0 spiro atoms. The van der Waals surface area contributed by atoms with E-state index in [0.717, 1.165) is 11.1 Å². The zero-order valence-corrected chi connectivity index (χ0v) is 14.0. The topological polar surface area (TPSA) is 92.6 Å². The maximum absolute atomic E-state index is 11.7. The molecule has 8 heteroatoms. The number of amides is 2. The van der Waals surface area contributed by atoms with E-state index in [4.69, 9.17) is 21.4 Å². The van der Waals surface area contributed by atoms with Crippen molar-refractivity contribution in [2.75, 3.05) is 6.61 Å². The quantitative estimate of drug-likeness (QED) is 0.575. The van der Waals surface area contributed by atoms with Gasteiger partial charge in [0, 0.05) is 0 Å². The van der Waals surface area contributed by atoms with Crippen LogP contribution in [0.25, 0.3) is 0 Å². The van der Waals surface area contributed by atoms with Gasteiger partial charge < -0.3 is 9.15 Å². The number of hydrazine groups is 1. The lowest BCUT2D eigenvalue weighted by molar-refractivity contribution is -0.123. The standard InChI is InChI=1S/C16H17N3O4S/c1-10-6-11(2)8-12(7-10)23-9-14(20)18-19-16(24)17-15(21)13-4-3-5-22-13/h3-8H,9H2,1-2H3,(H,18,20)(H2,17,19,21,24). The highest BCUT2D eigenvalue weighted by Crippen LogP contribution is 2.15. The third-order valence-electron chi connectivity index (χ3n) is 2.85. The van der Waals surface area contributed by atoms with Crippen LogP contribution in [0.5, 0.6) is 5.75 Å². The fourth-order valence-electron chi connectivity index (χ4n) is 1.93. The lowest BCUT2D eigenvalue weighted by Gasteiger charge is -2.11. The number of rotatable bonds is 4. The second-order valence-corrected chi connectivity index (χ2v) is 5.45. The van der Waals surface area contributed by atoms with Crippen molar-refractivity contribution in [3.05, 3.63) is 53.5 Å². The summed E-state index contributed by atoms with van der Waals surface area (Å²) in [6.45, 7) is 3.70.